The van der Waals surface area contributed by atoms with Crippen molar-refractivity contribution in [2.24, 2.45) is 0 Å². The zero-order valence-corrected chi connectivity index (χ0v) is 13.8. The SMILES string of the molecule is CCc1ccc(C(O)c2cc3c(s2)CCCC3)cc1CC. The molecule has 1 aliphatic rings. The predicted molar refractivity (Wildman–Crippen MR) is 90.2 cm³/mol. The monoisotopic (exact) mass is 300 g/mol. The standard InChI is InChI=1S/C19H24OS/c1-3-13-9-10-16(11-14(13)4-2)19(20)18-12-15-7-5-6-8-17(15)21-18/h9-12,19-20H,3-8H2,1-2H3. The van der Waals surface area contributed by atoms with E-state index in [1.165, 1.54) is 47.3 Å². The summed E-state index contributed by atoms with van der Waals surface area (Å²) in [5.41, 5.74) is 5.29. The Morgan fingerprint density at radius 2 is 1.81 bits per heavy atom. The van der Waals surface area contributed by atoms with Crippen LogP contribution in [0.25, 0.3) is 0 Å². The van der Waals surface area contributed by atoms with Crippen LogP contribution in [0.5, 0.6) is 0 Å². The molecule has 1 aromatic carbocycles. The maximum absolute atomic E-state index is 10.7. The zero-order chi connectivity index (χ0) is 14.8. The predicted octanol–water partition coefficient (Wildman–Crippen LogP) is 4.83. The maximum Gasteiger partial charge on any atom is 0.113 e. The molecule has 0 radical (unpaired) electrons. The van der Waals surface area contributed by atoms with Crippen LogP contribution in [0.4, 0.5) is 0 Å². The molecule has 1 nitrogen and oxygen atoms in total. The summed E-state index contributed by atoms with van der Waals surface area (Å²) in [5.74, 6) is 0. The van der Waals surface area contributed by atoms with Gasteiger partial charge in [0.15, 0.2) is 0 Å². The smallest absolute Gasteiger partial charge is 0.113 e. The van der Waals surface area contributed by atoms with Gasteiger partial charge >= 0.3 is 0 Å². The Balaban J connectivity index is 1.90. The quantitative estimate of drug-likeness (QED) is 0.857. The lowest BCUT2D eigenvalue weighted by Gasteiger charge is -2.13. The van der Waals surface area contributed by atoms with Crippen molar-refractivity contribution in [3.05, 3.63) is 56.3 Å². The molecule has 1 aromatic heterocycles. The second kappa shape index (κ2) is 6.33. The second-order valence-electron chi connectivity index (χ2n) is 5.94. The molecule has 0 saturated carbocycles. The Morgan fingerprint density at radius 3 is 2.52 bits per heavy atom. The Morgan fingerprint density at radius 1 is 1.05 bits per heavy atom. The maximum atomic E-state index is 10.7. The molecule has 0 saturated heterocycles. The third-order valence-electron chi connectivity index (χ3n) is 4.59. The number of aryl methyl sites for hydroxylation is 4. The normalized spacial score (nSPS) is 15.8. The second-order valence-corrected chi connectivity index (χ2v) is 7.11. The molecule has 0 spiro atoms. The lowest BCUT2D eigenvalue weighted by atomic mass is 9.96. The largest absolute Gasteiger partial charge is 0.383 e. The van der Waals surface area contributed by atoms with E-state index in [2.05, 4.69) is 38.1 Å². The van der Waals surface area contributed by atoms with Gasteiger partial charge in [0.1, 0.15) is 6.10 Å². The number of thiophene rings is 1. The molecule has 2 heteroatoms. The van der Waals surface area contributed by atoms with Gasteiger partial charge in [0.25, 0.3) is 0 Å². The van der Waals surface area contributed by atoms with Gasteiger partial charge in [-0.05, 0) is 66.8 Å². The van der Waals surface area contributed by atoms with E-state index in [1.54, 1.807) is 0 Å². The summed E-state index contributed by atoms with van der Waals surface area (Å²) in [4.78, 5) is 2.62. The highest BCUT2D eigenvalue weighted by molar-refractivity contribution is 7.12. The van der Waals surface area contributed by atoms with Crippen molar-refractivity contribution >= 4 is 11.3 Å². The fourth-order valence-electron chi connectivity index (χ4n) is 3.30. The lowest BCUT2D eigenvalue weighted by Crippen LogP contribution is -2.00. The number of aliphatic hydroxyl groups excluding tert-OH is 1. The van der Waals surface area contributed by atoms with Gasteiger partial charge in [0, 0.05) is 9.75 Å². The number of hydrogen-bond donors (Lipinski definition) is 1. The van der Waals surface area contributed by atoms with E-state index in [9.17, 15) is 5.11 Å². The summed E-state index contributed by atoms with van der Waals surface area (Å²) >= 11 is 1.81. The van der Waals surface area contributed by atoms with Gasteiger partial charge in [-0.15, -0.1) is 11.3 Å². The van der Waals surface area contributed by atoms with E-state index in [1.807, 2.05) is 11.3 Å². The van der Waals surface area contributed by atoms with Gasteiger partial charge in [0.2, 0.25) is 0 Å². The van der Waals surface area contributed by atoms with Crippen molar-refractivity contribution in [1.29, 1.82) is 0 Å². The molecule has 3 rings (SSSR count). The minimum Gasteiger partial charge on any atom is -0.383 e. The van der Waals surface area contributed by atoms with Crippen LogP contribution in [0, 0.1) is 0 Å². The molecular weight excluding hydrogens is 276 g/mol. The highest BCUT2D eigenvalue weighted by atomic mass is 32.1. The Bertz CT molecular complexity index is 603. The van der Waals surface area contributed by atoms with Crippen LogP contribution in [-0.4, -0.2) is 5.11 Å². The van der Waals surface area contributed by atoms with Crippen LogP contribution in [0.2, 0.25) is 0 Å². The third-order valence-corrected chi connectivity index (χ3v) is 5.88. The molecule has 1 N–H and O–H groups in total. The van der Waals surface area contributed by atoms with E-state index < -0.39 is 6.10 Å². The molecule has 0 fully saturated rings. The Labute approximate surface area is 131 Å². The number of benzene rings is 1. The first kappa shape index (κ1) is 14.8. The van der Waals surface area contributed by atoms with Crippen LogP contribution in [0.1, 0.15) is 64.8 Å². The van der Waals surface area contributed by atoms with E-state index >= 15 is 0 Å². The molecule has 1 heterocycles. The van der Waals surface area contributed by atoms with Gasteiger partial charge < -0.3 is 5.11 Å². The number of rotatable bonds is 4. The summed E-state index contributed by atoms with van der Waals surface area (Å²) < 4.78 is 0. The van der Waals surface area contributed by atoms with Gasteiger partial charge in [-0.25, -0.2) is 0 Å². The van der Waals surface area contributed by atoms with E-state index in [4.69, 9.17) is 0 Å². The number of aliphatic hydroxyl groups is 1. The fourth-order valence-corrected chi connectivity index (χ4v) is 4.57. The topological polar surface area (TPSA) is 20.2 Å². The molecule has 0 aliphatic heterocycles. The van der Waals surface area contributed by atoms with Gasteiger partial charge in [-0.3, -0.25) is 0 Å². The van der Waals surface area contributed by atoms with Gasteiger partial charge in [0.05, 0.1) is 0 Å². The summed E-state index contributed by atoms with van der Waals surface area (Å²) in [5, 5.41) is 10.7. The van der Waals surface area contributed by atoms with Gasteiger partial charge in [-0.1, -0.05) is 32.0 Å². The minimum atomic E-state index is -0.461. The first-order chi connectivity index (χ1) is 10.2. The Hall–Kier alpha value is -1.12. The molecule has 0 amide bonds. The lowest BCUT2D eigenvalue weighted by molar-refractivity contribution is 0.224. The molecule has 1 aliphatic carbocycles. The minimum absolute atomic E-state index is 0.461. The van der Waals surface area contributed by atoms with Crippen molar-refractivity contribution in [1.82, 2.24) is 0 Å². The average Bonchev–Trinajstić information content (AvgIpc) is 2.97. The molecular formula is C19H24OS. The van der Waals surface area contributed by atoms with Crippen molar-refractivity contribution in [2.45, 2.75) is 58.5 Å². The van der Waals surface area contributed by atoms with Crippen LogP contribution in [0.15, 0.2) is 24.3 Å². The molecule has 1 atom stereocenters. The Kier molecular flexibility index (Phi) is 4.46. The zero-order valence-electron chi connectivity index (χ0n) is 13.0. The van der Waals surface area contributed by atoms with Crippen LogP contribution in [0.3, 0.4) is 0 Å². The molecule has 2 aromatic rings. The van der Waals surface area contributed by atoms with Gasteiger partial charge in [-0.2, -0.15) is 0 Å². The molecule has 1 unspecified atom stereocenters. The molecule has 112 valence electrons. The van der Waals surface area contributed by atoms with E-state index in [0.717, 1.165) is 23.3 Å². The summed E-state index contributed by atoms with van der Waals surface area (Å²) in [6.45, 7) is 4.38. The summed E-state index contributed by atoms with van der Waals surface area (Å²) in [6.07, 6.45) is 6.61. The van der Waals surface area contributed by atoms with Crippen molar-refractivity contribution in [3.8, 4) is 0 Å². The van der Waals surface area contributed by atoms with Crippen molar-refractivity contribution in [3.63, 3.8) is 0 Å². The van der Waals surface area contributed by atoms with Crippen LogP contribution in [-0.2, 0) is 25.7 Å². The number of fused-ring (bicyclic) bond motifs is 1. The molecule has 0 bridgehead atoms. The number of hydrogen-bond acceptors (Lipinski definition) is 2. The highest BCUT2D eigenvalue weighted by Crippen LogP contribution is 2.35. The third kappa shape index (κ3) is 2.93. The summed E-state index contributed by atoms with van der Waals surface area (Å²) in [7, 11) is 0. The first-order valence-electron chi connectivity index (χ1n) is 8.14. The highest BCUT2D eigenvalue weighted by Gasteiger charge is 2.19. The van der Waals surface area contributed by atoms with Crippen LogP contribution >= 0.6 is 11.3 Å². The first-order valence-corrected chi connectivity index (χ1v) is 8.95. The van der Waals surface area contributed by atoms with Crippen LogP contribution < -0.4 is 0 Å². The average molecular weight is 300 g/mol. The van der Waals surface area contributed by atoms with E-state index in [0.29, 0.717) is 0 Å². The fraction of sp³-hybridized carbons (Fsp3) is 0.474. The molecule has 21 heavy (non-hydrogen) atoms. The van der Waals surface area contributed by atoms with E-state index in [-0.39, 0.29) is 0 Å². The summed E-state index contributed by atoms with van der Waals surface area (Å²) in [6, 6.07) is 8.72. The van der Waals surface area contributed by atoms with Crippen molar-refractivity contribution < 1.29 is 5.11 Å². The van der Waals surface area contributed by atoms with Crippen molar-refractivity contribution in [2.75, 3.05) is 0 Å².